The predicted molar refractivity (Wildman–Crippen MR) is 137 cm³/mol. The summed E-state index contributed by atoms with van der Waals surface area (Å²) in [5.41, 5.74) is 5.18. The first-order valence-corrected chi connectivity index (χ1v) is 13.4. The number of aryl methyl sites for hydroxylation is 1. The van der Waals surface area contributed by atoms with Gasteiger partial charge in [-0.1, -0.05) is 45.9 Å². The van der Waals surface area contributed by atoms with Crippen molar-refractivity contribution in [3.63, 3.8) is 0 Å². The van der Waals surface area contributed by atoms with E-state index < -0.39 is 0 Å². The number of nitrogens with zero attached hydrogens (tertiary/aromatic N) is 2. The van der Waals surface area contributed by atoms with Gasteiger partial charge in [-0.15, -0.1) is 11.3 Å². The highest BCUT2D eigenvalue weighted by Crippen LogP contribution is 2.34. The van der Waals surface area contributed by atoms with Gasteiger partial charge >= 0.3 is 0 Å². The van der Waals surface area contributed by atoms with Gasteiger partial charge in [0.1, 0.15) is 0 Å². The molecular weight excluding hydrogens is 506 g/mol. The quantitative estimate of drug-likeness (QED) is 0.245. The molecule has 0 saturated heterocycles. The number of benzene rings is 2. The highest BCUT2D eigenvalue weighted by Gasteiger charge is 2.23. The smallest absolute Gasteiger partial charge is 0.241 e. The van der Waals surface area contributed by atoms with Crippen LogP contribution < -0.4 is 5.32 Å². The zero-order chi connectivity index (χ0) is 22.2. The van der Waals surface area contributed by atoms with Crippen LogP contribution in [0, 0.1) is 0 Å². The number of hydrogen-bond acceptors (Lipinski definition) is 5. The predicted octanol–water partition coefficient (Wildman–Crippen LogP) is 6.28. The number of carbonyl (C=O) groups excluding carboxylic acids is 2. The molecule has 1 N–H and O–H groups in total. The van der Waals surface area contributed by atoms with Crippen LogP contribution in [0.2, 0.25) is 0 Å². The minimum absolute atomic E-state index is 0.0867. The minimum atomic E-state index is -0.257. The van der Waals surface area contributed by atoms with Gasteiger partial charge in [0.05, 0.1) is 26.3 Å². The van der Waals surface area contributed by atoms with Crippen LogP contribution in [0.4, 0.5) is 5.69 Å². The lowest BCUT2D eigenvalue weighted by atomic mass is 9.96. The molecule has 0 bridgehead atoms. The Hall–Kier alpha value is -2.16. The Morgan fingerprint density at radius 1 is 1.22 bits per heavy atom. The summed E-state index contributed by atoms with van der Waals surface area (Å²) in [7, 11) is 0. The summed E-state index contributed by atoms with van der Waals surface area (Å²) in [5.74, 6) is 0.361. The van der Waals surface area contributed by atoms with Crippen molar-refractivity contribution in [3.05, 3.63) is 53.7 Å². The number of nitrogens with one attached hydrogen (secondary N) is 1. The molecule has 5 rings (SSSR count). The highest BCUT2D eigenvalue weighted by atomic mass is 79.9. The Bertz CT molecular complexity index is 1340. The number of thiazole rings is 1. The van der Waals surface area contributed by atoms with Crippen LogP contribution in [-0.4, -0.2) is 31.9 Å². The van der Waals surface area contributed by atoms with Crippen LogP contribution in [0.1, 0.15) is 35.8 Å². The Kier molecular flexibility index (Phi) is 6.09. The molecule has 2 aromatic heterocycles. The van der Waals surface area contributed by atoms with E-state index in [1.165, 1.54) is 34.8 Å². The lowest BCUT2D eigenvalue weighted by molar-refractivity contribution is -0.115. The average molecular weight is 528 g/mol. The maximum Gasteiger partial charge on any atom is 0.241 e. The number of rotatable bonds is 5. The number of amides is 1. The third-order valence-electron chi connectivity index (χ3n) is 5.74. The molecule has 1 aliphatic carbocycles. The average Bonchev–Trinajstić information content (AvgIpc) is 3.35. The van der Waals surface area contributed by atoms with Gasteiger partial charge in [0, 0.05) is 16.8 Å². The SMILES string of the molecule is C[C@H](Br)C(=O)Nc1ccc2nc(SCC(=O)n3c4c(c5ccccc53)CCCC4)sc2c1. The van der Waals surface area contributed by atoms with Gasteiger partial charge in [-0.3, -0.25) is 14.2 Å². The zero-order valence-corrected chi connectivity index (χ0v) is 20.8. The molecule has 0 saturated carbocycles. The Labute approximate surface area is 202 Å². The standard InChI is InChI=1S/C24H22BrN3O2S2/c1-14(25)23(30)26-15-10-11-18-21(12-15)32-24(27-18)31-13-22(29)28-19-8-4-2-6-16(19)17-7-3-5-9-20(17)28/h2,4,6,8,10-12,14H,3,5,7,9,13H2,1H3,(H,26,30)/t14-/m0/s1. The van der Waals surface area contributed by atoms with Gasteiger partial charge in [0.25, 0.3) is 0 Å². The summed E-state index contributed by atoms with van der Waals surface area (Å²) >= 11 is 6.30. The van der Waals surface area contributed by atoms with Crippen molar-refractivity contribution in [3.8, 4) is 0 Å². The molecule has 4 aromatic rings. The summed E-state index contributed by atoms with van der Waals surface area (Å²) in [5, 5.41) is 4.10. The first-order valence-electron chi connectivity index (χ1n) is 10.6. The van der Waals surface area contributed by atoms with Gasteiger partial charge < -0.3 is 5.32 Å². The molecule has 2 aromatic carbocycles. The number of hydrogen-bond donors (Lipinski definition) is 1. The van der Waals surface area contributed by atoms with Crippen molar-refractivity contribution in [2.75, 3.05) is 11.1 Å². The molecule has 0 fully saturated rings. The fraction of sp³-hybridized carbons (Fsp3) is 0.292. The lowest BCUT2D eigenvalue weighted by Crippen LogP contribution is -2.19. The van der Waals surface area contributed by atoms with E-state index >= 15 is 0 Å². The molecule has 2 heterocycles. The lowest BCUT2D eigenvalue weighted by Gasteiger charge is -2.14. The Balaban J connectivity index is 1.36. The van der Waals surface area contributed by atoms with E-state index in [0.29, 0.717) is 5.75 Å². The minimum Gasteiger partial charge on any atom is -0.325 e. The molecule has 0 aliphatic heterocycles. The first kappa shape index (κ1) is 21.7. The van der Waals surface area contributed by atoms with Crippen LogP contribution in [0.5, 0.6) is 0 Å². The van der Waals surface area contributed by atoms with Crippen LogP contribution in [0.3, 0.4) is 0 Å². The molecule has 0 radical (unpaired) electrons. The molecule has 1 amide bonds. The summed E-state index contributed by atoms with van der Waals surface area (Å²) in [6.07, 6.45) is 4.33. The third-order valence-corrected chi connectivity index (χ3v) is 8.31. The molecule has 32 heavy (non-hydrogen) atoms. The molecule has 0 spiro atoms. The van der Waals surface area contributed by atoms with Crippen molar-refractivity contribution in [1.82, 2.24) is 9.55 Å². The zero-order valence-electron chi connectivity index (χ0n) is 17.6. The molecule has 1 atom stereocenters. The normalized spacial score (nSPS) is 14.4. The molecule has 0 unspecified atom stereocenters. The van der Waals surface area contributed by atoms with Gasteiger partial charge in [0.2, 0.25) is 11.8 Å². The number of fused-ring (bicyclic) bond motifs is 4. The molecule has 164 valence electrons. The molecule has 8 heteroatoms. The summed E-state index contributed by atoms with van der Waals surface area (Å²) < 4.78 is 3.79. The number of para-hydroxylation sites is 1. The van der Waals surface area contributed by atoms with Gasteiger partial charge in [-0.25, -0.2) is 4.98 Å². The van der Waals surface area contributed by atoms with Crippen LogP contribution in [0.25, 0.3) is 21.1 Å². The van der Waals surface area contributed by atoms with Crippen LogP contribution in [-0.2, 0) is 17.6 Å². The van der Waals surface area contributed by atoms with Crippen LogP contribution >= 0.6 is 39.0 Å². The van der Waals surface area contributed by atoms with E-state index in [1.54, 1.807) is 18.3 Å². The topological polar surface area (TPSA) is 64.0 Å². The maximum atomic E-state index is 13.3. The van der Waals surface area contributed by atoms with Gasteiger partial charge in [0.15, 0.2) is 4.34 Å². The van der Waals surface area contributed by atoms with Crippen molar-refractivity contribution in [2.45, 2.75) is 41.8 Å². The highest BCUT2D eigenvalue weighted by molar-refractivity contribution is 9.10. The third kappa shape index (κ3) is 4.11. The largest absolute Gasteiger partial charge is 0.325 e. The van der Waals surface area contributed by atoms with E-state index in [4.69, 9.17) is 0 Å². The fourth-order valence-electron chi connectivity index (χ4n) is 4.25. The number of aromatic nitrogens is 2. The second-order valence-corrected chi connectivity index (χ2v) is 11.6. The second kappa shape index (κ2) is 9.00. The van der Waals surface area contributed by atoms with Crippen LogP contribution in [0.15, 0.2) is 46.8 Å². The van der Waals surface area contributed by atoms with E-state index in [9.17, 15) is 9.59 Å². The van der Waals surface area contributed by atoms with E-state index in [-0.39, 0.29) is 16.6 Å². The fourth-order valence-corrected chi connectivity index (χ4v) is 6.32. The van der Waals surface area contributed by atoms with Crippen molar-refractivity contribution in [2.24, 2.45) is 0 Å². The van der Waals surface area contributed by atoms with E-state index in [2.05, 4.69) is 44.4 Å². The monoisotopic (exact) mass is 527 g/mol. The van der Waals surface area contributed by atoms with E-state index in [0.717, 1.165) is 45.0 Å². The maximum absolute atomic E-state index is 13.3. The molecule has 5 nitrogen and oxygen atoms in total. The van der Waals surface area contributed by atoms with Gasteiger partial charge in [-0.05, 0) is 62.4 Å². The Morgan fingerprint density at radius 2 is 2.03 bits per heavy atom. The van der Waals surface area contributed by atoms with Gasteiger partial charge in [-0.2, -0.15) is 0 Å². The number of halogens is 1. The molecular formula is C24H22BrN3O2S2. The summed E-state index contributed by atoms with van der Waals surface area (Å²) in [6.45, 7) is 1.79. The summed E-state index contributed by atoms with van der Waals surface area (Å²) in [4.78, 5) is 29.6. The number of alkyl halides is 1. The van der Waals surface area contributed by atoms with E-state index in [1.807, 2.05) is 28.8 Å². The summed E-state index contributed by atoms with van der Waals surface area (Å²) in [6, 6.07) is 13.9. The number of thioether (sulfide) groups is 1. The first-order chi connectivity index (χ1) is 15.5. The number of anilines is 1. The van der Waals surface area contributed by atoms with Crippen molar-refractivity contribution in [1.29, 1.82) is 0 Å². The van der Waals surface area contributed by atoms with Crippen molar-refractivity contribution < 1.29 is 9.59 Å². The molecule has 1 aliphatic rings. The number of carbonyl (C=O) groups is 2. The second-order valence-electron chi connectivity index (χ2n) is 7.93. The Morgan fingerprint density at radius 3 is 2.88 bits per heavy atom. The van der Waals surface area contributed by atoms with Crippen molar-refractivity contribution >= 4 is 77.6 Å².